The van der Waals surface area contributed by atoms with E-state index in [0.717, 1.165) is 40.6 Å². The SMILES string of the molecule is CC1=CC[C@@H](c2ccc3sc(CO)nc3c2)OC(=O)C[C@H](O)C(C)(C)C(=O)[C@H](C)[C@@H](O)[C@@H](C)CCC1. The molecule has 0 amide bonds. The lowest BCUT2D eigenvalue weighted by molar-refractivity contribution is -0.155. The summed E-state index contributed by atoms with van der Waals surface area (Å²) >= 11 is 1.42. The molecule has 0 unspecified atom stereocenters. The first-order valence-corrected chi connectivity index (χ1v) is 13.5. The summed E-state index contributed by atoms with van der Waals surface area (Å²) in [6.45, 7) is 8.78. The summed E-state index contributed by atoms with van der Waals surface area (Å²) in [6, 6.07) is 5.68. The highest BCUT2D eigenvalue weighted by Gasteiger charge is 2.42. The van der Waals surface area contributed by atoms with Gasteiger partial charge in [-0.3, -0.25) is 9.59 Å². The number of ketones is 1. The van der Waals surface area contributed by atoms with Crippen molar-refractivity contribution in [2.45, 2.75) is 91.6 Å². The average molecular weight is 518 g/mol. The van der Waals surface area contributed by atoms with Crippen LogP contribution in [-0.2, 0) is 20.9 Å². The summed E-state index contributed by atoms with van der Waals surface area (Å²) in [6.07, 6.45) is 2.06. The first kappa shape index (κ1) is 28.4. The summed E-state index contributed by atoms with van der Waals surface area (Å²) in [7, 11) is 0. The van der Waals surface area contributed by atoms with Gasteiger partial charge in [0.1, 0.15) is 16.9 Å². The highest BCUT2D eigenvalue weighted by Crippen LogP contribution is 2.34. The minimum atomic E-state index is -1.25. The number of aliphatic hydroxyl groups excluding tert-OH is 3. The Morgan fingerprint density at radius 3 is 2.61 bits per heavy atom. The molecule has 1 aliphatic heterocycles. The van der Waals surface area contributed by atoms with E-state index in [4.69, 9.17) is 4.74 Å². The fraction of sp³-hybridized carbons (Fsp3) is 0.607. The van der Waals surface area contributed by atoms with E-state index in [9.17, 15) is 24.9 Å². The van der Waals surface area contributed by atoms with Crippen molar-refractivity contribution in [2.24, 2.45) is 17.3 Å². The van der Waals surface area contributed by atoms with Crippen molar-refractivity contribution in [3.05, 3.63) is 40.4 Å². The molecule has 2 aromatic rings. The van der Waals surface area contributed by atoms with Crippen LogP contribution >= 0.6 is 11.3 Å². The normalized spacial score (nSPS) is 29.1. The second-order valence-electron chi connectivity index (χ2n) is 10.7. The Hall–Kier alpha value is -2.13. The lowest BCUT2D eigenvalue weighted by Gasteiger charge is -2.34. The number of rotatable bonds is 2. The number of carbonyl (C=O) groups excluding carboxylic acids is 2. The fourth-order valence-electron chi connectivity index (χ4n) is 4.81. The molecule has 8 heteroatoms. The second kappa shape index (κ2) is 11.9. The summed E-state index contributed by atoms with van der Waals surface area (Å²) in [5, 5.41) is 31.7. The molecule has 5 atom stereocenters. The third kappa shape index (κ3) is 6.59. The Labute approximate surface area is 217 Å². The maximum atomic E-state index is 13.2. The third-order valence-corrected chi connectivity index (χ3v) is 8.51. The van der Waals surface area contributed by atoms with Crippen LogP contribution in [-0.4, -0.2) is 44.3 Å². The van der Waals surface area contributed by atoms with Crippen LogP contribution in [0, 0.1) is 17.3 Å². The molecule has 2 heterocycles. The van der Waals surface area contributed by atoms with Crippen molar-refractivity contribution in [1.82, 2.24) is 4.98 Å². The number of fused-ring (bicyclic) bond motifs is 1. The Morgan fingerprint density at radius 2 is 1.92 bits per heavy atom. The monoisotopic (exact) mass is 517 g/mol. The first-order chi connectivity index (χ1) is 16.9. The molecule has 0 aliphatic carbocycles. The quantitative estimate of drug-likeness (QED) is 0.384. The van der Waals surface area contributed by atoms with Crippen molar-refractivity contribution in [3.63, 3.8) is 0 Å². The topological polar surface area (TPSA) is 117 Å². The number of esters is 1. The van der Waals surface area contributed by atoms with Crippen molar-refractivity contribution in [2.75, 3.05) is 0 Å². The maximum absolute atomic E-state index is 13.2. The molecule has 7 nitrogen and oxygen atoms in total. The number of aromatic nitrogens is 1. The van der Waals surface area contributed by atoms with E-state index in [1.807, 2.05) is 32.0 Å². The predicted molar refractivity (Wildman–Crippen MR) is 140 cm³/mol. The number of cyclic esters (lactones) is 1. The van der Waals surface area contributed by atoms with Gasteiger partial charge in [-0.05, 0) is 49.8 Å². The molecule has 3 rings (SSSR count). The number of carbonyl (C=O) groups is 2. The van der Waals surface area contributed by atoms with E-state index in [0.29, 0.717) is 11.4 Å². The number of thiazole rings is 1. The van der Waals surface area contributed by atoms with E-state index in [-0.39, 0.29) is 24.7 Å². The highest BCUT2D eigenvalue weighted by atomic mass is 32.1. The minimum Gasteiger partial charge on any atom is -0.457 e. The number of hydrogen-bond acceptors (Lipinski definition) is 8. The first-order valence-electron chi connectivity index (χ1n) is 12.7. The van der Waals surface area contributed by atoms with Crippen LogP contribution in [0.2, 0.25) is 0 Å². The van der Waals surface area contributed by atoms with E-state index < -0.39 is 35.6 Å². The van der Waals surface area contributed by atoms with Crippen molar-refractivity contribution < 1.29 is 29.6 Å². The standard InChI is InChI=1S/C28H39NO6S/c1-16-7-6-8-17(2)26(33)18(3)27(34)28(4,5)23(31)14-25(32)35-21(11-9-16)19-10-12-22-20(13-19)29-24(15-30)36-22/h9-10,12-13,17-18,21,23,26,30-31,33H,6-8,11,14-15H2,1-5H3/t17-,18+,21-,23-,26-/m0/s1. The lowest BCUT2D eigenvalue weighted by Crippen LogP contribution is -2.45. The number of allylic oxidation sites excluding steroid dienone is 1. The summed E-state index contributed by atoms with van der Waals surface area (Å²) < 4.78 is 6.79. The minimum absolute atomic E-state index is 0.0658. The molecule has 198 valence electrons. The predicted octanol–water partition coefficient (Wildman–Crippen LogP) is 4.87. The molecular formula is C28H39NO6S. The zero-order valence-electron chi connectivity index (χ0n) is 21.9. The summed E-state index contributed by atoms with van der Waals surface area (Å²) in [5.41, 5.74) is 1.46. The van der Waals surface area contributed by atoms with Gasteiger partial charge < -0.3 is 20.1 Å². The maximum Gasteiger partial charge on any atom is 0.309 e. The molecule has 0 fully saturated rings. The number of aliphatic hydroxyl groups is 3. The van der Waals surface area contributed by atoms with Gasteiger partial charge in [-0.15, -0.1) is 11.3 Å². The van der Waals surface area contributed by atoms with Crippen molar-refractivity contribution in [3.8, 4) is 0 Å². The fourth-order valence-corrected chi connectivity index (χ4v) is 5.62. The van der Waals surface area contributed by atoms with Crippen LogP contribution in [0.1, 0.15) is 83.4 Å². The number of ether oxygens (including phenoxy) is 1. The zero-order chi connectivity index (χ0) is 26.6. The van der Waals surface area contributed by atoms with Crippen molar-refractivity contribution >= 4 is 33.3 Å². The number of benzene rings is 1. The molecular weight excluding hydrogens is 478 g/mol. The zero-order valence-corrected chi connectivity index (χ0v) is 22.7. The highest BCUT2D eigenvalue weighted by molar-refractivity contribution is 7.18. The van der Waals surface area contributed by atoms with Gasteiger partial charge in [-0.25, -0.2) is 4.98 Å². The Kier molecular flexibility index (Phi) is 9.44. The average Bonchev–Trinajstić information content (AvgIpc) is 3.26. The van der Waals surface area contributed by atoms with E-state index in [2.05, 4.69) is 11.1 Å². The summed E-state index contributed by atoms with van der Waals surface area (Å²) in [4.78, 5) is 30.6. The van der Waals surface area contributed by atoms with Gasteiger partial charge in [-0.1, -0.05) is 45.4 Å². The molecule has 3 N–H and O–H groups in total. The summed E-state index contributed by atoms with van der Waals surface area (Å²) in [5.74, 6) is -1.59. The van der Waals surface area contributed by atoms with Crippen LogP contribution in [0.15, 0.2) is 29.8 Å². The van der Waals surface area contributed by atoms with Crippen molar-refractivity contribution in [1.29, 1.82) is 0 Å². The molecule has 0 spiro atoms. The van der Waals surface area contributed by atoms with Gasteiger partial charge in [0.2, 0.25) is 0 Å². The Morgan fingerprint density at radius 1 is 1.19 bits per heavy atom. The van der Waals surface area contributed by atoms with Crippen LogP contribution in [0.3, 0.4) is 0 Å². The third-order valence-electron chi connectivity index (χ3n) is 7.48. The molecule has 1 aromatic carbocycles. The number of nitrogens with zero attached hydrogens (tertiary/aromatic N) is 1. The number of hydrogen-bond donors (Lipinski definition) is 3. The van der Waals surface area contributed by atoms with Gasteiger partial charge in [-0.2, -0.15) is 0 Å². The smallest absolute Gasteiger partial charge is 0.309 e. The van der Waals surface area contributed by atoms with Gasteiger partial charge in [0.25, 0.3) is 0 Å². The molecule has 1 aromatic heterocycles. The van der Waals surface area contributed by atoms with E-state index in [1.54, 1.807) is 20.8 Å². The van der Waals surface area contributed by atoms with Crippen LogP contribution in [0.5, 0.6) is 0 Å². The largest absolute Gasteiger partial charge is 0.457 e. The molecule has 0 saturated carbocycles. The lowest BCUT2D eigenvalue weighted by atomic mass is 9.73. The van der Waals surface area contributed by atoms with Gasteiger partial charge in [0.05, 0.1) is 40.9 Å². The van der Waals surface area contributed by atoms with Gasteiger partial charge in [0.15, 0.2) is 0 Å². The second-order valence-corrected chi connectivity index (χ2v) is 11.8. The number of Topliss-reactive ketones (excluding diaryl/α,β-unsaturated/α-hetero) is 1. The van der Waals surface area contributed by atoms with Gasteiger partial charge in [0, 0.05) is 12.3 Å². The Balaban J connectivity index is 1.91. The van der Waals surface area contributed by atoms with Crippen LogP contribution in [0.25, 0.3) is 10.2 Å². The molecule has 0 saturated heterocycles. The van der Waals surface area contributed by atoms with E-state index in [1.165, 1.54) is 11.3 Å². The van der Waals surface area contributed by atoms with Crippen LogP contribution in [0.4, 0.5) is 0 Å². The van der Waals surface area contributed by atoms with Crippen LogP contribution < -0.4 is 0 Å². The molecule has 1 aliphatic rings. The molecule has 0 radical (unpaired) electrons. The molecule has 0 bridgehead atoms. The van der Waals surface area contributed by atoms with E-state index >= 15 is 0 Å². The van der Waals surface area contributed by atoms with Gasteiger partial charge >= 0.3 is 5.97 Å². The Bertz CT molecular complexity index is 1110. The molecule has 36 heavy (non-hydrogen) atoms.